The Kier molecular flexibility index (Phi) is 6.09. The van der Waals surface area contributed by atoms with Crippen LogP contribution in [0.2, 0.25) is 0 Å². The number of thiol groups is 1. The van der Waals surface area contributed by atoms with Crippen LogP contribution in [-0.2, 0) is 0 Å². The smallest absolute Gasteiger partial charge is 0.161 e. The molecule has 0 fully saturated rings. The normalized spacial score (nSPS) is 10.0. The average Bonchev–Trinajstić information content (AvgIpc) is 2.28. The van der Waals surface area contributed by atoms with Crippen molar-refractivity contribution in [2.75, 3.05) is 19.0 Å². The maximum Gasteiger partial charge on any atom is 0.161 e. The molecular formula is C12H18O2S. The monoisotopic (exact) mass is 226 g/mol. The van der Waals surface area contributed by atoms with Crippen molar-refractivity contribution in [2.24, 2.45) is 0 Å². The maximum atomic E-state index is 5.60. The van der Waals surface area contributed by atoms with Crippen LogP contribution in [-0.4, -0.2) is 19.0 Å². The molecule has 0 unspecified atom stereocenters. The lowest BCUT2D eigenvalue weighted by atomic mass is 10.3. The summed E-state index contributed by atoms with van der Waals surface area (Å²) < 4.78 is 11.2. The molecule has 0 saturated carbocycles. The van der Waals surface area contributed by atoms with Gasteiger partial charge in [-0.15, -0.1) is 0 Å². The van der Waals surface area contributed by atoms with E-state index in [0.29, 0.717) is 6.61 Å². The summed E-state index contributed by atoms with van der Waals surface area (Å²) in [5, 5.41) is 0. The van der Waals surface area contributed by atoms with Gasteiger partial charge < -0.3 is 9.47 Å². The van der Waals surface area contributed by atoms with Crippen molar-refractivity contribution in [3.63, 3.8) is 0 Å². The molecule has 0 saturated heterocycles. The van der Waals surface area contributed by atoms with Gasteiger partial charge >= 0.3 is 0 Å². The fraction of sp³-hybridized carbons (Fsp3) is 0.500. The van der Waals surface area contributed by atoms with Gasteiger partial charge in [-0.05, 0) is 30.7 Å². The predicted molar refractivity (Wildman–Crippen MR) is 66.2 cm³/mol. The van der Waals surface area contributed by atoms with E-state index in [-0.39, 0.29) is 0 Å². The topological polar surface area (TPSA) is 18.5 Å². The minimum Gasteiger partial charge on any atom is -0.490 e. The molecule has 0 amide bonds. The highest BCUT2D eigenvalue weighted by atomic mass is 32.1. The lowest BCUT2D eigenvalue weighted by Gasteiger charge is -2.11. The molecule has 3 heteroatoms. The van der Waals surface area contributed by atoms with Gasteiger partial charge in [-0.1, -0.05) is 19.1 Å². The van der Waals surface area contributed by atoms with E-state index >= 15 is 0 Å². The molecule has 0 aliphatic carbocycles. The van der Waals surface area contributed by atoms with E-state index in [1.807, 2.05) is 24.3 Å². The molecule has 0 aliphatic heterocycles. The van der Waals surface area contributed by atoms with Gasteiger partial charge in [-0.2, -0.15) is 12.6 Å². The number of hydrogen-bond acceptors (Lipinski definition) is 3. The summed E-state index contributed by atoms with van der Waals surface area (Å²) >= 11 is 4.14. The minimum absolute atomic E-state index is 0.690. The fourth-order valence-corrected chi connectivity index (χ4v) is 1.28. The zero-order chi connectivity index (χ0) is 10.9. The number of hydrogen-bond donors (Lipinski definition) is 1. The molecule has 84 valence electrons. The molecule has 0 atom stereocenters. The van der Waals surface area contributed by atoms with Gasteiger partial charge in [0.05, 0.1) is 13.2 Å². The van der Waals surface area contributed by atoms with Crippen molar-refractivity contribution in [3.05, 3.63) is 24.3 Å². The molecule has 2 nitrogen and oxygen atoms in total. The Morgan fingerprint density at radius 2 is 1.67 bits per heavy atom. The second-order valence-corrected chi connectivity index (χ2v) is 3.67. The summed E-state index contributed by atoms with van der Waals surface area (Å²) in [5.74, 6) is 2.50. The highest BCUT2D eigenvalue weighted by molar-refractivity contribution is 7.80. The van der Waals surface area contributed by atoms with Gasteiger partial charge in [0, 0.05) is 0 Å². The molecule has 1 aromatic rings. The quantitative estimate of drug-likeness (QED) is 0.568. The summed E-state index contributed by atoms with van der Waals surface area (Å²) in [6.07, 6.45) is 1.95. The lowest BCUT2D eigenvalue weighted by Crippen LogP contribution is -2.01. The first-order chi connectivity index (χ1) is 7.38. The van der Waals surface area contributed by atoms with Gasteiger partial charge in [-0.25, -0.2) is 0 Å². The summed E-state index contributed by atoms with van der Waals surface area (Å²) in [4.78, 5) is 0. The van der Waals surface area contributed by atoms with Crippen LogP contribution in [0.1, 0.15) is 19.8 Å². The molecule has 0 spiro atoms. The molecule has 0 N–H and O–H groups in total. The van der Waals surface area contributed by atoms with Gasteiger partial charge in [0.15, 0.2) is 11.5 Å². The van der Waals surface area contributed by atoms with Crippen LogP contribution in [0.5, 0.6) is 11.5 Å². The molecule has 0 heterocycles. The van der Waals surface area contributed by atoms with E-state index in [0.717, 1.165) is 36.7 Å². The molecule has 1 rings (SSSR count). The van der Waals surface area contributed by atoms with Gasteiger partial charge in [0.25, 0.3) is 0 Å². The molecule has 0 aromatic heterocycles. The molecule has 15 heavy (non-hydrogen) atoms. The minimum atomic E-state index is 0.690. The predicted octanol–water partition coefficient (Wildman–Crippen LogP) is 3.17. The number of benzene rings is 1. The first-order valence-corrected chi connectivity index (χ1v) is 5.97. The van der Waals surface area contributed by atoms with E-state index in [1.54, 1.807) is 0 Å². The Hall–Kier alpha value is -0.830. The van der Waals surface area contributed by atoms with Crippen molar-refractivity contribution in [1.82, 2.24) is 0 Å². The second-order valence-electron chi connectivity index (χ2n) is 3.22. The van der Waals surface area contributed by atoms with Crippen molar-refractivity contribution >= 4 is 12.6 Å². The maximum absolute atomic E-state index is 5.60. The summed E-state index contributed by atoms with van der Waals surface area (Å²) in [7, 11) is 0. The van der Waals surface area contributed by atoms with Crippen molar-refractivity contribution in [3.8, 4) is 11.5 Å². The van der Waals surface area contributed by atoms with E-state index in [9.17, 15) is 0 Å². The van der Waals surface area contributed by atoms with Crippen LogP contribution in [0, 0.1) is 0 Å². The summed E-state index contributed by atoms with van der Waals surface area (Å²) in [6.45, 7) is 3.51. The molecule has 0 aliphatic rings. The van der Waals surface area contributed by atoms with E-state index in [4.69, 9.17) is 9.47 Å². The summed E-state index contributed by atoms with van der Waals surface area (Å²) in [6, 6.07) is 7.78. The molecular weight excluding hydrogens is 208 g/mol. The van der Waals surface area contributed by atoms with E-state index in [2.05, 4.69) is 19.6 Å². The third-order valence-corrected chi connectivity index (χ3v) is 2.19. The third-order valence-electron chi connectivity index (χ3n) is 1.87. The number of rotatable bonds is 7. The van der Waals surface area contributed by atoms with Crippen LogP contribution in [0.15, 0.2) is 24.3 Å². The van der Waals surface area contributed by atoms with Crippen molar-refractivity contribution in [2.45, 2.75) is 19.8 Å². The first kappa shape index (κ1) is 12.2. The van der Waals surface area contributed by atoms with Crippen molar-refractivity contribution in [1.29, 1.82) is 0 Å². The highest BCUT2D eigenvalue weighted by Crippen LogP contribution is 2.26. The fourth-order valence-electron chi connectivity index (χ4n) is 1.15. The van der Waals surface area contributed by atoms with Crippen LogP contribution >= 0.6 is 12.6 Å². The van der Waals surface area contributed by atoms with E-state index in [1.165, 1.54) is 0 Å². The molecule has 0 radical (unpaired) electrons. The third kappa shape index (κ3) is 4.47. The average molecular weight is 226 g/mol. The Labute approximate surface area is 97.0 Å². The second kappa shape index (κ2) is 7.46. The van der Waals surface area contributed by atoms with Crippen LogP contribution in [0.25, 0.3) is 0 Å². The van der Waals surface area contributed by atoms with Gasteiger partial charge in [0.2, 0.25) is 0 Å². The largest absolute Gasteiger partial charge is 0.490 e. The van der Waals surface area contributed by atoms with Crippen LogP contribution in [0.3, 0.4) is 0 Å². The van der Waals surface area contributed by atoms with E-state index < -0.39 is 0 Å². The zero-order valence-electron chi connectivity index (χ0n) is 9.11. The Morgan fingerprint density at radius 1 is 1.07 bits per heavy atom. The van der Waals surface area contributed by atoms with Crippen LogP contribution < -0.4 is 9.47 Å². The zero-order valence-corrected chi connectivity index (χ0v) is 10.0. The van der Waals surface area contributed by atoms with Gasteiger partial charge in [0.1, 0.15) is 0 Å². The number of para-hydroxylation sites is 2. The SMILES string of the molecule is CCCOc1ccccc1OCCCS. The molecule has 0 bridgehead atoms. The first-order valence-electron chi connectivity index (χ1n) is 5.34. The Bertz CT molecular complexity index is 276. The standard InChI is InChI=1S/C12H18O2S/c1-2-8-13-11-6-3-4-7-12(11)14-9-5-10-15/h3-4,6-7,15H,2,5,8-10H2,1H3. The number of ether oxygens (including phenoxy) is 2. The Morgan fingerprint density at radius 3 is 2.20 bits per heavy atom. The summed E-state index contributed by atoms with van der Waals surface area (Å²) in [5.41, 5.74) is 0. The Balaban J connectivity index is 2.52. The molecule has 1 aromatic carbocycles. The van der Waals surface area contributed by atoms with Gasteiger partial charge in [-0.3, -0.25) is 0 Å². The van der Waals surface area contributed by atoms with Crippen LogP contribution in [0.4, 0.5) is 0 Å². The highest BCUT2D eigenvalue weighted by Gasteiger charge is 2.02. The lowest BCUT2D eigenvalue weighted by molar-refractivity contribution is 0.269. The van der Waals surface area contributed by atoms with Crippen molar-refractivity contribution < 1.29 is 9.47 Å².